The number of carbonyl (C=O) groups excluding carboxylic acids is 1. The molecule has 0 saturated carbocycles. The summed E-state index contributed by atoms with van der Waals surface area (Å²) in [6, 6.07) is 17.4. The molecule has 0 spiro atoms. The summed E-state index contributed by atoms with van der Waals surface area (Å²) in [5, 5.41) is 14.3. The van der Waals surface area contributed by atoms with Crippen LogP contribution in [0.5, 0.6) is 0 Å². The molecule has 0 aliphatic rings. The van der Waals surface area contributed by atoms with Crippen molar-refractivity contribution in [1.82, 2.24) is 15.5 Å². The van der Waals surface area contributed by atoms with Crippen LogP contribution in [0.1, 0.15) is 32.7 Å². The molecule has 2 N–H and O–H groups in total. The van der Waals surface area contributed by atoms with Crippen molar-refractivity contribution in [3.8, 4) is 0 Å². The molecule has 5 nitrogen and oxygen atoms in total. The van der Waals surface area contributed by atoms with Crippen molar-refractivity contribution in [3.63, 3.8) is 0 Å². The van der Waals surface area contributed by atoms with E-state index >= 15 is 0 Å². The minimum atomic E-state index is -0.237. The molecular formula is C21H22N4O. The van der Waals surface area contributed by atoms with Gasteiger partial charge in [0.05, 0.1) is 0 Å². The molecule has 1 heterocycles. The number of hydrogen-bond acceptors (Lipinski definition) is 4. The van der Waals surface area contributed by atoms with Crippen molar-refractivity contribution in [2.24, 2.45) is 0 Å². The number of amides is 1. The second-order valence-corrected chi connectivity index (χ2v) is 6.29. The number of carbonyl (C=O) groups is 1. The van der Waals surface area contributed by atoms with Crippen LogP contribution in [0.2, 0.25) is 0 Å². The molecule has 5 heteroatoms. The highest BCUT2D eigenvalue weighted by molar-refractivity contribution is 5.92. The fraction of sp³-hybridized carbons (Fsp3) is 0.190. The summed E-state index contributed by atoms with van der Waals surface area (Å²) in [7, 11) is 0. The Morgan fingerprint density at radius 1 is 0.885 bits per heavy atom. The number of rotatable bonds is 5. The molecule has 3 aromatic rings. The van der Waals surface area contributed by atoms with E-state index in [1.54, 1.807) is 12.1 Å². The molecule has 0 bridgehead atoms. The summed E-state index contributed by atoms with van der Waals surface area (Å²) in [4.78, 5) is 12.3. The Hall–Kier alpha value is -3.21. The maximum atomic E-state index is 12.3. The second kappa shape index (κ2) is 7.78. The molecule has 26 heavy (non-hydrogen) atoms. The number of nitrogens with zero attached hydrogens (tertiary/aromatic N) is 2. The molecule has 0 saturated heterocycles. The number of nitrogens with one attached hydrogen (secondary N) is 2. The van der Waals surface area contributed by atoms with E-state index in [9.17, 15) is 4.79 Å². The van der Waals surface area contributed by atoms with Crippen molar-refractivity contribution in [3.05, 3.63) is 82.5 Å². The lowest BCUT2D eigenvalue weighted by atomic mass is 10.1. The van der Waals surface area contributed by atoms with E-state index in [1.165, 1.54) is 5.56 Å². The topological polar surface area (TPSA) is 66.9 Å². The Morgan fingerprint density at radius 3 is 2.38 bits per heavy atom. The molecule has 0 aliphatic heterocycles. The van der Waals surface area contributed by atoms with Gasteiger partial charge in [0.2, 0.25) is 0 Å². The van der Waals surface area contributed by atoms with E-state index in [-0.39, 0.29) is 5.91 Å². The van der Waals surface area contributed by atoms with Gasteiger partial charge in [0.1, 0.15) is 0 Å². The number of benzene rings is 2. The third-order valence-electron chi connectivity index (χ3n) is 4.47. The van der Waals surface area contributed by atoms with Crippen molar-refractivity contribution in [1.29, 1.82) is 0 Å². The standard InChI is InChI=1S/C21H22N4O/c1-14-8-6-10-18(16(14)3)23-20-12-11-19(24-25-20)21(26)22-13-17-9-5-4-7-15(17)2/h4-12H,13H2,1-3H3,(H,22,26)(H,23,25). The fourth-order valence-corrected chi connectivity index (χ4v) is 2.62. The monoisotopic (exact) mass is 346 g/mol. The molecule has 0 unspecified atom stereocenters. The lowest BCUT2D eigenvalue weighted by Gasteiger charge is -2.11. The first-order valence-corrected chi connectivity index (χ1v) is 8.54. The Kier molecular flexibility index (Phi) is 5.27. The Morgan fingerprint density at radius 2 is 1.65 bits per heavy atom. The van der Waals surface area contributed by atoms with Gasteiger partial charge in [-0.3, -0.25) is 4.79 Å². The first-order chi connectivity index (χ1) is 12.5. The second-order valence-electron chi connectivity index (χ2n) is 6.29. The number of anilines is 2. The van der Waals surface area contributed by atoms with Crippen LogP contribution in [0.3, 0.4) is 0 Å². The first kappa shape index (κ1) is 17.6. The van der Waals surface area contributed by atoms with Crippen molar-refractivity contribution in [2.75, 3.05) is 5.32 Å². The van der Waals surface area contributed by atoms with Gasteiger partial charge in [-0.2, -0.15) is 0 Å². The lowest BCUT2D eigenvalue weighted by Crippen LogP contribution is -2.24. The maximum Gasteiger partial charge on any atom is 0.272 e. The Labute approximate surface area is 153 Å². The van der Waals surface area contributed by atoms with E-state index in [0.717, 1.165) is 22.4 Å². The summed E-state index contributed by atoms with van der Waals surface area (Å²) < 4.78 is 0. The summed E-state index contributed by atoms with van der Waals surface area (Å²) in [5.41, 5.74) is 5.87. The zero-order valence-corrected chi connectivity index (χ0v) is 15.2. The SMILES string of the molecule is Cc1ccccc1CNC(=O)c1ccc(Nc2cccc(C)c2C)nn1. The molecule has 3 rings (SSSR count). The van der Waals surface area contributed by atoms with E-state index in [4.69, 9.17) is 0 Å². The highest BCUT2D eigenvalue weighted by Gasteiger charge is 2.09. The van der Waals surface area contributed by atoms with Gasteiger partial charge in [-0.05, 0) is 61.2 Å². The summed E-state index contributed by atoms with van der Waals surface area (Å²) in [6.07, 6.45) is 0. The summed E-state index contributed by atoms with van der Waals surface area (Å²) in [5.74, 6) is 0.369. The highest BCUT2D eigenvalue weighted by atomic mass is 16.1. The van der Waals surface area contributed by atoms with Gasteiger partial charge in [-0.25, -0.2) is 0 Å². The van der Waals surface area contributed by atoms with Gasteiger partial charge in [-0.15, -0.1) is 10.2 Å². The van der Waals surface area contributed by atoms with Crippen LogP contribution in [0.25, 0.3) is 0 Å². The van der Waals surface area contributed by atoms with E-state index in [0.29, 0.717) is 18.1 Å². The molecule has 0 aliphatic carbocycles. The van der Waals surface area contributed by atoms with Crippen LogP contribution in [0, 0.1) is 20.8 Å². The third-order valence-corrected chi connectivity index (χ3v) is 4.47. The normalized spacial score (nSPS) is 10.4. The van der Waals surface area contributed by atoms with Gasteiger partial charge >= 0.3 is 0 Å². The first-order valence-electron chi connectivity index (χ1n) is 8.54. The molecule has 1 amide bonds. The average molecular weight is 346 g/mol. The van der Waals surface area contributed by atoms with E-state index in [1.807, 2.05) is 43.3 Å². The van der Waals surface area contributed by atoms with Gasteiger partial charge in [0.25, 0.3) is 5.91 Å². The van der Waals surface area contributed by atoms with Crippen LogP contribution >= 0.6 is 0 Å². The fourth-order valence-electron chi connectivity index (χ4n) is 2.62. The number of hydrogen-bond donors (Lipinski definition) is 2. The maximum absolute atomic E-state index is 12.3. The minimum absolute atomic E-state index is 0.237. The predicted molar refractivity (Wildman–Crippen MR) is 104 cm³/mol. The van der Waals surface area contributed by atoms with Crippen LogP contribution in [-0.4, -0.2) is 16.1 Å². The number of aryl methyl sites for hydroxylation is 2. The van der Waals surface area contributed by atoms with Gasteiger partial charge in [0.15, 0.2) is 11.5 Å². The molecular weight excluding hydrogens is 324 g/mol. The molecule has 132 valence electrons. The molecule has 0 fully saturated rings. The van der Waals surface area contributed by atoms with Gasteiger partial charge in [-0.1, -0.05) is 36.4 Å². The van der Waals surface area contributed by atoms with Crippen LogP contribution < -0.4 is 10.6 Å². The summed E-state index contributed by atoms with van der Waals surface area (Å²) in [6.45, 7) is 6.61. The molecule has 0 atom stereocenters. The third kappa shape index (κ3) is 4.06. The van der Waals surface area contributed by atoms with Crippen molar-refractivity contribution < 1.29 is 4.79 Å². The Bertz CT molecular complexity index is 920. The van der Waals surface area contributed by atoms with Crippen molar-refractivity contribution >= 4 is 17.4 Å². The minimum Gasteiger partial charge on any atom is -0.347 e. The molecule has 0 radical (unpaired) electrons. The summed E-state index contributed by atoms with van der Waals surface area (Å²) >= 11 is 0. The van der Waals surface area contributed by atoms with Crippen LogP contribution in [0.4, 0.5) is 11.5 Å². The quantitative estimate of drug-likeness (QED) is 0.731. The average Bonchev–Trinajstić information content (AvgIpc) is 2.65. The predicted octanol–water partition coefficient (Wildman–Crippen LogP) is 4.08. The molecule has 1 aromatic heterocycles. The zero-order valence-electron chi connectivity index (χ0n) is 15.2. The largest absolute Gasteiger partial charge is 0.347 e. The van der Waals surface area contributed by atoms with Crippen molar-refractivity contribution in [2.45, 2.75) is 27.3 Å². The lowest BCUT2D eigenvalue weighted by molar-refractivity contribution is 0.0945. The zero-order chi connectivity index (χ0) is 18.5. The number of aromatic nitrogens is 2. The van der Waals surface area contributed by atoms with E-state index < -0.39 is 0 Å². The highest BCUT2D eigenvalue weighted by Crippen LogP contribution is 2.21. The smallest absolute Gasteiger partial charge is 0.272 e. The van der Waals surface area contributed by atoms with Gasteiger partial charge < -0.3 is 10.6 Å². The molecule has 2 aromatic carbocycles. The van der Waals surface area contributed by atoms with E-state index in [2.05, 4.69) is 40.7 Å². The van der Waals surface area contributed by atoms with Crippen LogP contribution in [0.15, 0.2) is 54.6 Å². The van der Waals surface area contributed by atoms with Crippen LogP contribution in [-0.2, 0) is 6.54 Å². The van der Waals surface area contributed by atoms with Gasteiger partial charge in [0, 0.05) is 12.2 Å². The Balaban J connectivity index is 1.64.